The third kappa shape index (κ3) is 3.32. The molecule has 0 radical (unpaired) electrons. The zero-order valence-corrected chi connectivity index (χ0v) is 11.6. The van der Waals surface area contributed by atoms with E-state index in [-0.39, 0.29) is 4.90 Å². The number of piperidine rings is 1. The lowest BCUT2D eigenvalue weighted by molar-refractivity contribution is 0.258. The summed E-state index contributed by atoms with van der Waals surface area (Å²) in [7, 11) is -3.50. The van der Waals surface area contributed by atoms with Gasteiger partial charge >= 0.3 is 0 Å². The summed E-state index contributed by atoms with van der Waals surface area (Å²) >= 11 is 0. The standard InChI is InChI=1S/C13H19FN2O2S/c14-12-3-5-13(6-4-12)19(17,18)16-9-1-2-11(10-16)7-8-15/h3-6,11H,1-2,7-10,15H2. The van der Waals surface area contributed by atoms with Gasteiger partial charge in [0.2, 0.25) is 10.0 Å². The van der Waals surface area contributed by atoms with Crippen molar-refractivity contribution in [2.24, 2.45) is 11.7 Å². The van der Waals surface area contributed by atoms with Gasteiger partial charge in [-0.1, -0.05) is 0 Å². The molecule has 19 heavy (non-hydrogen) atoms. The lowest BCUT2D eigenvalue weighted by Gasteiger charge is -2.31. The average molecular weight is 286 g/mol. The van der Waals surface area contributed by atoms with Crippen LogP contribution in [0.1, 0.15) is 19.3 Å². The van der Waals surface area contributed by atoms with Gasteiger partial charge in [-0.05, 0) is 56.0 Å². The summed E-state index contributed by atoms with van der Waals surface area (Å²) in [5.74, 6) is -0.104. The van der Waals surface area contributed by atoms with Crippen molar-refractivity contribution < 1.29 is 12.8 Å². The number of benzene rings is 1. The fraction of sp³-hybridized carbons (Fsp3) is 0.538. The van der Waals surface area contributed by atoms with E-state index in [1.54, 1.807) is 0 Å². The van der Waals surface area contributed by atoms with E-state index in [9.17, 15) is 12.8 Å². The molecule has 1 unspecified atom stereocenters. The minimum absolute atomic E-state index is 0.155. The van der Waals surface area contributed by atoms with Crippen molar-refractivity contribution in [1.29, 1.82) is 0 Å². The molecule has 1 heterocycles. The molecular formula is C13H19FN2O2S. The Balaban J connectivity index is 2.17. The molecule has 2 rings (SSSR count). The highest BCUT2D eigenvalue weighted by Crippen LogP contribution is 2.25. The first-order valence-electron chi connectivity index (χ1n) is 6.50. The van der Waals surface area contributed by atoms with E-state index in [0.29, 0.717) is 25.6 Å². The van der Waals surface area contributed by atoms with Crippen LogP contribution in [0, 0.1) is 11.7 Å². The van der Waals surface area contributed by atoms with Gasteiger partial charge in [-0.2, -0.15) is 4.31 Å². The molecule has 0 saturated carbocycles. The SMILES string of the molecule is NCCC1CCCN(S(=O)(=O)c2ccc(F)cc2)C1. The molecule has 6 heteroatoms. The van der Waals surface area contributed by atoms with Crippen LogP contribution in [0.3, 0.4) is 0 Å². The van der Waals surface area contributed by atoms with Crippen molar-refractivity contribution in [2.75, 3.05) is 19.6 Å². The van der Waals surface area contributed by atoms with Crippen LogP contribution in [0.5, 0.6) is 0 Å². The second-order valence-electron chi connectivity index (χ2n) is 4.90. The van der Waals surface area contributed by atoms with Crippen molar-refractivity contribution in [2.45, 2.75) is 24.2 Å². The minimum atomic E-state index is -3.50. The lowest BCUT2D eigenvalue weighted by Crippen LogP contribution is -2.40. The van der Waals surface area contributed by atoms with Crippen LogP contribution in [0.25, 0.3) is 0 Å². The van der Waals surface area contributed by atoms with Crippen LogP contribution in [0.4, 0.5) is 4.39 Å². The van der Waals surface area contributed by atoms with E-state index in [4.69, 9.17) is 5.73 Å². The fourth-order valence-corrected chi connectivity index (χ4v) is 4.03. The molecule has 1 saturated heterocycles. The zero-order valence-electron chi connectivity index (χ0n) is 10.8. The van der Waals surface area contributed by atoms with Gasteiger partial charge in [0, 0.05) is 13.1 Å². The Labute approximate surface area is 113 Å². The number of rotatable bonds is 4. The van der Waals surface area contributed by atoms with Crippen molar-refractivity contribution in [1.82, 2.24) is 4.31 Å². The van der Waals surface area contributed by atoms with Gasteiger partial charge in [-0.15, -0.1) is 0 Å². The Morgan fingerprint density at radius 3 is 2.63 bits per heavy atom. The fourth-order valence-electron chi connectivity index (χ4n) is 2.47. The van der Waals surface area contributed by atoms with Crippen LogP contribution in [-0.2, 0) is 10.0 Å². The van der Waals surface area contributed by atoms with Crippen LogP contribution in [0.15, 0.2) is 29.2 Å². The first-order valence-corrected chi connectivity index (χ1v) is 7.94. The molecule has 0 bridgehead atoms. The molecule has 1 atom stereocenters. The molecule has 106 valence electrons. The summed E-state index contributed by atoms with van der Waals surface area (Å²) in [5.41, 5.74) is 5.53. The predicted molar refractivity (Wildman–Crippen MR) is 71.6 cm³/mol. The Hall–Kier alpha value is -0.980. The van der Waals surface area contributed by atoms with Crippen LogP contribution >= 0.6 is 0 Å². The summed E-state index contributed by atoms with van der Waals surface area (Å²) in [6.45, 7) is 1.62. The molecule has 0 spiro atoms. The highest BCUT2D eigenvalue weighted by Gasteiger charge is 2.29. The van der Waals surface area contributed by atoms with E-state index in [0.717, 1.165) is 19.3 Å². The van der Waals surface area contributed by atoms with Crippen molar-refractivity contribution in [3.63, 3.8) is 0 Å². The van der Waals surface area contributed by atoms with Crippen molar-refractivity contribution >= 4 is 10.0 Å². The second-order valence-corrected chi connectivity index (χ2v) is 6.84. The summed E-state index contributed by atoms with van der Waals surface area (Å²) in [5, 5.41) is 0. The molecule has 0 aromatic heterocycles. The van der Waals surface area contributed by atoms with E-state index >= 15 is 0 Å². The van der Waals surface area contributed by atoms with Crippen LogP contribution < -0.4 is 5.73 Å². The van der Waals surface area contributed by atoms with Crippen molar-refractivity contribution in [3.05, 3.63) is 30.1 Å². The zero-order chi connectivity index (χ0) is 13.9. The molecule has 4 nitrogen and oxygen atoms in total. The molecule has 1 aromatic rings. The van der Waals surface area contributed by atoms with E-state index < -0.39 is 15.8 Å². The topological polar surface area (TPSA) is 63.4 Å². The molecule has 0 aliphatic carbocycles. The summed E-state index contributed by atoms with van der Waals surface area (Å²) in [6.07, 6.45) is 2.72. The molecule has 1 fully saturated rings. The highest BCUT2D eigenvalue weighted by molar-refractivity contribution is 7.89. The van der Waals surface area contributed by atoms with Crippen LogP contribution in [-0.4, -0.2) is 32.4 Å². The Morgan fingerprint density at radius 2 is 2.00 bits per heavy atom. The molecule has 1 aliphatic rings. The normalized spacial score (nSPS) is 21.5. The van der Waals surface area contributed by atoms with Crippen LogP contribution in [0.2, 0.25) is 0 Å². The van der Waals surface area contributed by atoms with Gasteiger partial charge in [0.1, 0.15) is 5.82 Å². The monoisotopic (exact) mass is 286 g/mol. The van der Waals surface area contributed by atoms with Gasteiger partial charge < -0.3 is 5.73 Å². The Bertz CT molecular complexity index is 514. The molecule has 0 amide bonds. The van der Waals surface area contributed by atoms with Gasteiger partial charge in [-0.3, -0.25) is 0 Å². The first-order chi connectivity index (χ1) is 9.04. The van der Waals surface area contributed by atoms with Gasteiger partial charge in [0.05, 0.1) is 4.90 Å². The third-order valence-corrected chi connectivity index (χ3v) is 5.39. The number of hydrogen-bond acceptors (Lipinski definition) is 3. The smallest absolute Gasteiger partial charge is 0.243 e. The maximum absolute atomic E-state index is 12.9. The number of nitrogens with two attached hydrogens (primary N) is 1. The predicted octanol–water partition coefficient (Wildman–Crippen LogP) is 1.58. The molecular weight excluding hydrogens is 267 g/mol. The number of hydrogen-bond donors (Lipinski definition) is 1. The lowest BCUT2D eigenvalue weighted by atomic mass is 9.96. The molecule has 2 N–H and O–H groups in total. The van der Waals surface area contributed by atoms with E-state index in [1.165, 1.54) is 28.6 Å². The Morgan fingerprint density at radius 1 is 1.32 bits per heavy atom. The van der Waals surface area contributed by atoms with E-state index in [1.807, 2.05) is 0 Å². The highest BCUT2D eigenvalue weighted by atomic mass is 32.2. The minimum Gasteiger partial charge on any atom is -0.330 e. The molecule has 1 aromatic carbocycles. The first kappa shape index (κ1) is 14.4. The number of halogens is 1. The van der Waals surface area contributed by atoms with Gasteiger partial charge in [0.15, 0.2) is 0 Å². The maximum Gasteiger partial charge on any atom is 0.243 e. The summed E-state index contributed by atoms with van der Waals surface area (Å²) < 4.78 is 39.2. The van der Waals surface area contributed by atoms with Gasteiger partial charge in [-0.25, -0.2) is 12.8 Å². The third-order valence-electron chi connectivity index (χ3n) is 3.51. The number of sulfonamides is 1. The average Bonchev–Trinajstić information content (AvgIpc) is 2.40. The van der Waals surface area contributed by atoms with Crippen molar-refractivity contribution in [3.8, 4) is 0 Å². The maximum atomic E-state index is 12.9. The summed E-state index contributed by atoms with van der Waals surface area (Å²) in [6, 6.07) is 4.98. The Kier molecular flexibility index (Phi) is 4.54. The second kappa shape index (κ2) is 5.98. The molecule has 1 aliphatic heterocycles. The van der Waals surface area contributed by atoms with E-state index in [2.05, 4.69) is 0 Å². The number of nitrogens with zero attached hydrogens (tertiary/aromatic N) is 1. The quantitative estimate of drug-likeness (QED) is 0.914. The summed E-state index contributed by atoms with van der Waals surface area (Å²) in [4.78, 5) is 0.155. The largest absolute Gasteiger partial charge is 0.330 e. The van der Waals surface area contributed by atoms with Gasteiger partial charge in [0.25, 0.3) is 0 Å².